The lowest BCUT2D eigenvalue weighted by Gasteiger charge is -2.03. The van der Waals surface area contributed by atoms with Gasteiger partial charge in [0.1, 0.15) is 0 Å². The standard InChI is InChI=1S/C12H10N/c1-10-4-2-3-5-12(10)11-6-8-13-9-7-11/h2-4,6-9H,1H3. The summed E-state index contributed by atoms with van der Waals surface area (Å²) < 4.78 is 0. The van der Waals surface area contributed by atoms with E-state index >= 15 is 0 Å². The van der Waals surface area contributed by atoms with Crippen molar-refractivity contribution in [2.45, 2.75) is 6.92 Å². The normalized spacial score (nSPS) is 9.92. The van der Waals surface area contributed by atoms with Crippen LogP contribution >= 0.6 is 0 Å². The van der Waals surface area contributed by atoms with Crippen LogP contribution in [-0.4, -0.2) is 4.98 Å². The van der Waals surface area contributed by atoms with E-state index in [4.69, 9.17) is 0 Å². The highest BCUT2D eigenvalue weighted by Crippen LogP contribution is 2.20. The van der Waals surface area contributed by atoms with Gasteiger partial charge in [-0.15, -0.1) is 0 Å². The summed E-state index contributed by atoms with van der Waals surface area (Å²) in [6, 6.07) is 13.2. The SMILES string of the molecule is Cc1ccc[c]c1-c1ccncc1. The lowest BCUT2D eigenvalue weighted by molar-refractivity contribution is 1.32. The molecule has 1 aromatic heterocycles. The minimum Gasteiger partial charge on any atom is -0.265 e. The molecule has 2 aromatic rings. The van der Waals surface area contributed by atoms with Gasteiger partial charge in [0.15, 0.2) is 0 Å². The number of pyridine rings is 1. The minimum atomic E-state index is 1.16. The van der Waals surface area contributed by atoms with Crippen LogP contribution in [0.5, 0.6) is 0 Å². The summed E-state index contributed by atoms with van der Waals surface area (Å²) in [5.74, 6) is 0. The van der Waals surface area contributed by atoms with Crippen molar-refractivity contribution >= 4 is 0 Å². The van der Waals surface area contributed by atoms with Gasteiger partial charge in [0, 0.05) is 12.4 Å². The molecule has 1 nitrogen and oxygen atoms in total. The van der Waals surface area contributed by atoms with Gasteiger partial charge in [-0.25, -0.2) is 0 Å². The molecule has 0 bridgehead atoms. The smallest absolute Gasteiger partial charge is 0.0273 e. The second kappa shape index (κ2) is 3.40. The second-order valence-corrected chi connectivity index (χ2v) is 2.96. The quantitative estimate of drug-likeness (QED) is 0.638. The Balaban J connectivity index is 2.54. The van der Waals surface area contributed by atoms with E-state index in [9.17, 15) is 0 Å². The monoisotopic (exact) mass is 168 g/mol. The summed E-state index contributed by atoms with van der Waals surface area (Å²) >= 11 is 0. The molecule has 1 radical (unpaired) electrons. The number of rotatable bonds is 1. The van der Waals surface area contributed by atoms with E-state index in [-0.39, 0.29) is 0 Å². The third-order valence-electron chi connectivity index (χ3n) is 2.03. The third kappa shape index (κ3) is 1.59. The number of aryl methyl sites for hydroxylation is 1. The van der Waals surface area contributed by atoms with Gasteiger partial charge < -0.3 is 0 Å². The molecule has 0 N–H and O–H groups in total. The van der Waals surface area contributed by atoms with Gasteiger partial charge in [0.05, 0.1) is 0 Å². The molecule has 0 saturated heterocycles. The second-order valence-electron chi connectivity index (χ2n) is 2.96. The van der Waals surface area contributed by atoms with Crippen molar-refractivity contribution in [1.82, 2.24) is 4.98 Å². The van der Waals surface area contributed by atoms with E-state index in [1.165, 1.54) is 11.1 Å². The first-order valence-corrected chi connectivity index (χ1v) is 4.25. The van der Waals surface area contributed by atoms with Crippen LogP contribution in [0.15, 0.2) is 42.7 Å². The molecule has 63 valence electrons. The molecule has 2 rings (SSSR count). The number of nitrogens with zero attached hydrogens (tertiary/aromatic N) is 1. The first-order valence-electron chi connectivity index (χ1n) is 4.25. The molecule has 1 heterocycles. The predicted octanol–water partition coefficient (Wildman–Crippen LogP) is 2.86. The van der Waals surface area contributed by atoms with Gasteiger partial charge in [0.2, 0.25) is 0 Å². The van der Waals surface area contributed by atoms with Crippen molar-refractivity contribution in [3.63, 3.8) is 0 Å². The van der Waals surface area contributed by atoms with Crippen LogP contribution in [0.1, 0.15) is 5.56 Å². The Morgan fingerprint density at radius 1 is 1.15 bits per heavy atom. The number of hydrogen-bond acceptors (Lipinski definition) is 1. The van der Waals surface area contributed by atoms with E-state index in [1.807, 2.05) is 24.3 Å². The van der Waals surface area contributed by atoms with E-state index in [0.717, 1.165) is 5.56 Å². The van der Waals surface area contributed by atoms with Crippen molar-refractivity contribution in [2.24, 2.45) is 0 Å². The third-order valence-corrected chi connectivity index (χ3v) is 2.03. The minimum absolute atomic E-state index is 1.16. The van der Waals surface area contributed by atoms with E-state index < -0.39 is 0 Å². The summed E-state index contributed by atoms with van der Waals surface area (Å²) in [6.07, 6.45) is 3.60. The molecule has 1 heteroatoms. The van der Waals surface area contributed by atoms with Gasteiger partial charge >= 0.3 is 0 Å². The molecule has 0 spiro atoms. The zero-order chi connectivity index (χ0) is 9.10. The van der Waals surface area contributed by atoms with Crippen molar-refractivity contribution < 1.29 is 0 Å². The number of aromatic nitrogens is 1. The van der Waals surface area contributed by atoms with Crippen molar-refractivity contribution in [3.05, 3.63) is 54.4 Å². The lowest BCUT2D eigenvalue weighted by atomic mass is 10.0. The van der Waals surface area contributed by atoms with Gasteiger partial charge in [0.25, 0.3) is 0 Å². The number of benzene rings is 1. The highest BCUT2D eigenvalue weighted by molar-refractivity contribution is 5.65. The zero-order valence-corrected chi connectivity index (χ0v) is 7.49. The highest BCUT2D eigenvalue weighted by atomic mass is 14.6. The molecule has 1 aromatic carbocycles. The summed E-state index contributed by atoms with van der Waals surface area (Å²) in [6.45, 7) is 2.09. The maximum absolute atomic E-state index is 3.99. The first-order chi connectivity index (χ1) is 6.38. The molecular weight excluding hydrogens is 158 g/mol. The molecule has 0 atom stereocenters. The van der Waals surface area contributed by atoms with Crippen LogP contribution in [0.2, 0.25) is 0 Å². The fourth-order valence-electron chi connectivity index (χ4n) is 1.35. The van der Waals surface area contributed by atoms with Crippen LogP contribution in [0.3, 0.4) is 0 Å². The Morgan fingerprint density at radius 2 is 1.92 bits per heavy atom. The maximum Gasteiger partial charge on any atom is 0.0273 e. The van der Waals surface area contributed by atoms with Gasteiger partial charge in [-0.3, -0.25) is 4.98 Å². The molecule has 0 aliphatic carbocycles. The molecule has 0 aliphatic heterocycles. The molecule has 0 unspecified atom stereocenters. The molecule has 0 aliphatic rings. The van der Waals surface area contributed by atoms with Gasteiger partial charge in [-0.05, 0) is 41.8 Å². The zero-order valence-electron chi connectivity index (χ0n) is 7.49. The van der Waals surface area contributed by atoms with E-state index in [2.05, 4.69) is 24.0 Å². The Bertz CT molecular complexity index is 393. The topological polar surface area (TPSA) is 12.9 Å². The largest absolute Gasteiger partial charge is 0.265 e. The van der Waals surface area contributed by atoms with E-state index in [0.29, 0.717) is 0 Å². The van der Waals surface area contributed by atoms with Crippen LogP contribution in [0.25, 0.3) is 11.1 Å². The first kappa shape index (κ1) is 7.99. The van der Waals surface area contributed by atoms with Crippen molar-refractivity contribution in [3.8, 4) is 11.1 Å². The Kier molecular flexibility index (Phi) is 2.09. The van der Waals surface area contributed by atoms with Crippen molar-refractivity contribution in [2.75, 3.05) is 0 Å². The Labute approximate surface area is 78.1 Å². The van der Waals surface area contributed by atoms with Crippen LogP contribution in [0.4, 0.5) is 0 Å². The highest BCUT2D eigenvalue weighted by Gasteiger charge is 1.98. The fraction of sp³-hybridized carbons (Fsp3) is 0.0833. The maximum atomic E-state index is 3.99. The molecule has 0 saturated carbocycles. The predicted molar refractivity (Wildman–Crippen MR) is 53.2 cm³/mol. The average molecular weight is 168 g/mol. The van der Waals surface area contributed by atoms with Crippen LogP contribution in [0, 0.1) is 13.0 Å². The number of hydrogen-bond donors (Lipinski definition) is 0. The van der Waals surface area contributed by atoms with Gasteiger partial charge in [-0.1, -0.05) is 18.2 Å². The Hall–Kier alpha value is -1.63. The lowest BCUT2D eigenvalue weighted by Crippen LogP contribution is -1.82. The summed E-state index contributed by atoms with van der Waals surface area (Å²) in [7, 11) is 0. The van der Waals surface area contributed by atoms with E-state index in [1.54, 1.807) is 12.4 Å². The van der Waals surface area contributed by atoms with Crippen LogP contribution in [-0.2, 0) is 0 Å². The summed E-state index contributed by atoms with van der Waals surface area (Å²) in [5, 5.41) is 0. The summed E-state index contributed by atoms with van der Waals surface area (Å²) in [5.41, 5.74) is 3.58. The van der Waals surface area contributed by atoms with Crippen LogP contribution < -0.4 is 0 Å². The molecular formula is C12H10N. The molecule has 13 heavy (non-hydrogen) atoms. The summed E-state index contributed by atoms with van der Waals surface area (Å²) in [4.78, 5) is 3.99. The average Bonchev–Trinajstić information content (AvgIpc) is 2.20. The Morgan fingerprint density at radius 3 is 2.62 bits per heavy atom. The van der Waals surface area contributed by atoms with Gasteiger partial charge in [-0.2, -0.15) is 0 Å². The van der Waals surface area contributed by atoms with Crippen molar-refractivity contribution in [1.29, 1.82) is 0 Å². The fourth-order valence-corrected chi connectivity index (χ4v) is 1.35. The molecule has 0 fully saturated rings. The molecule has 0 amide bonds.